The molecule has 1 amide bonds. The van der Waals surface area contributed by atoms with Crippen molar-refractivity contribution in [3.63, 3.8) is 0 Å². The summed E-state index contributed by atoms with van der Waals surface area (Å²) in [4.78, 5) is 17.4. The molecular weight excluding hydrogens is 268 g/mol. The number of hydrogen-bond acceptors (Lipinski definition) is 4. The van der Waals surface area contributed by atoms with Gasteiger partial charge in [0.25, 0.3) is 0 Å². The van der Waals surface area contributed by atoms with Crippen LogP contribution in [0.1, 0.15) is 5.56 Å². The van der Waals surface area contributed by atoms with Gasteiger partial charge in [-0.1, -0.05) is 30.3 Å². The topological polar surface area (TPSA) is 51.7 Å². The van der Waals surface area contributed by atoms with Crippen molar-refractivity contribution in [3.05, 3.63) is 60.4 Å². The summed E-state index contributed by atoms with van der Waals surface area (Å²) in [5.74, 6) is 0.722. The van der Waals surface area contributed by atoms with Crippen LogP contribution in [0.2, 0.25) is 0 Å². The molecule has 2 aromatic rings. The van der Waals surface area contributed by atoms with Crippen LogP contribution in [0.5, 0.6) is 5.75 Å². The van der Waals surface area contributed by atoms with Crippen molar-refractivity contribution in [2.75, 3.05) is 13.1 Å². The summed E-state index contributed by atoms with van der Waals surface area (Å²) in [6, 6.07) is 13.3. The van der Waals surface area contributed by atoms with Crippen molar-refractivity contribution in [1.82, 2.24) is 9.88 Å². The second-order valence-electron chi connectivity index (χ2n) is 4.87. The molecule has 1 fully saturated rings. The molecule has 0 atom stereocenters. The van der Waals surface area contributed by atoms with Crippen LogP contribution in [-0.2, 0) is 11.3 Å². The molecule has 0 saturated carbocycles. The molecule has 1 aromatic carbocycles. The van der Waals surface area contributed by atoms with E-state index in [1.165, 1.54) is 0 Å². The van der Waals surface area contributed by atoms with E-state index in [2.05, 4.69) is 4.98 Å². The molecule has 108 valence electrons. The molecule has 0 aliphatic carbocycles. The van der Waals surface area contributed by atoms with Gasteiger partial charge in [-0.05, 0) is 17.7 Å². The van der Waals surface area contributed by atoms with Gasteiger partial charge < -0.3 is 14.4 Å². The van der Waals surface area contributed by atoms with E-state index >= 15 is 0 Å². The Balaban J connectivity index is 1.40. The lowest BCUT2D eigenvalue weighted by molar-refractivity contribution is 0.00855. The molecule has 5 nitrogen and oxygen atoms in total. The minimum Gasteiger partial charge on any atom is -0.485 e. The first-order valence-corrected chi connectivity index (χ1v) is 6.83. The van der Waals surface area contributed by atoms with E-state index in [9.17, 15) is 4.79 Å². The molecule has 0 unspecified atom stereocenters. The number of nitrogens with zero attached hydrogens (tertiary/aromatic N) is 2. The van der Waals surface area contributed by atoms with E-state index in [4.69, 9.17) is 9.47 Å². The highest BCUT2D eigenvalue weighted by Crippen LogP contribution is 2.17. The van der Waals surface area contributed by atoms with E-state index in [0.717, 1.165) is 11.3 Å². The summed E-state index contributed by atoms with van der Waals surface area (Å²) in [5, 5.41) is 0. The van der Waals surface area contributed by atoms with Crippen molar-refractivity contribution < 1.29 is 14.3 Å². The van der Waals surface area contributed by atoms with Gasteiger partial charge in [0.2, 0.25) is 0 Å². The van der Waals surface area contributed by atoms with Crippen LogP contribution in [0, 0.1) is 0 Å². The summed E-state index contributed by atoms with van der Waals surface area (Å²) in [5.41, 5.74) is 0.981. The summed E-state index contributed by atoms with van der Waals surface area (Å²) in [6.45, 7) is 1.38. The number of hydrogen-bond donors (Lipinski definition) is 0. The largest absolute Gasteiger partial charge is 0.485 e. The highest BCUT2D eigenvalue weighted by Gasteiger charge is 2.33. The fourth-order valence-electron chi connectivity index (χ4n) is 2.08. The quantitative estimate of drug-likeness (QED) is 0.865. The van der Waals surface area contributed by atoms with Crippen molar-refractivity contribution >= 4 is 6.09 Å². The maximum absolute atomic E-state index is 11.8. The fraction of sp³-hybridized carbons (Fsp3) is 0.250. The molecule has 3 rings (SSSR count). The van der Waals surface area contributed by atoms with Gasteiger partial charge in [-0.2, -0.15) is 0 Å². The third-order valence-corrected chi connectivity index (χ3v) is 3.25. The Hall–Kier alpha value is -2.56. The SMILES string of the molecule is O=C(OCc1ccccc1)N1CC(Oc2cccnc2)C1. The monoisotopic (exact) mass is 284 g/mol. The number of carbonyl (C=O) groups excluding carboxylic acids is 1. The Morgan fingerprint density at radius 1 is 1.19 bits per heavy atom. The molecule has 5 heteroatoms. The lowest BCUT2D eigenvalue weighted by Gasteiger charge is -2.37. The fourth-order valence-corrected chi connectivity index (χ4v) is 2.08. The standard InChI is InChI=1S/C16H16N2O3/c19-16(20-12-13-5-2-1-3-6-13)18-10-15(11-18)21-14-7-4-8-17-9-14/h1-9,15H,10-12H2. The second kappa shape index (κ2) is 6.26. The highest BCUT2D eigenvalue weighted by molar-refractivity contribution is 5.68. The Morgan fingerprint density at radius 2 is 2.00 bits per heavy atom. The van der Waals surface area contributed by atoms with Crippen LogP contribution in [-0.4, -0.2) is 35.2 Å². The number of likely N-dealkylation sites (tertiary alicyclic amines) is 1. The van der Waals surface area contributed by atoms with Gasteiger partial charge in [0.15, 0.2) is 0 Å². The number of ether oxygens (including phenoxy) is 2. The van der Waals surface area contributed by atoms with Crippen LogP contribution >= 0.6 is 0 Å². The molecular formula is C16H16N2O3. The maximum Gasteiger partial charge on any atom is 0.410 e. The summed E-state index contributed by atoms with van der Waals surface area (Å²) in [7, 11) is 0. The van der Waals surface area contributed by atoms with Crippen LogP contribution in [0.4, 0.5) is 4.79 Å². The minimum atomic E-state index is -0.301. The third kappa shape index (κ3) is 3.51. The van der Waals surface area contributed by atoms with Gasteiger partial charge >= 0.3 is 6.09 Å². The minimum absolute atomic E-state index is 0.0125. The highest BCUT2D eigenvalue weighted by atomic mass is 16.6. The second-order valence-corrected chi connectivity index (χ2v) is 4.87. The predicted molar refractivity (Wildman–Crippen MR) is 76.9 cm³/mol. The molecule has 0 bridgehead atoms. The van der Waals surface area contributed by atoms with Crippen molar-refractivity contribution in [3.8, 4) is 5.75 Å². The Bertz CT molecular complexity index is 583. The molecule has 2 heterocycles. The van der Waals surface area contributed by atoms with Crippen LogP contribution in [0.3, 0.4) is 0 Å². The lowest BCUT2D eigenvalue weighted by Crippen LogP contribution is -2.56. The maximum atomic E-state index is 11.8. The zero-order chi connectivity index (χ0) is 14.5. The average molecular weight is 284 g/mol. The summed E-state index contributed by atoms with van der Waals surface area (Å²) in [6.07, 6.45) is 3.07. The zero-order valence-corrected chi connectivity index (χ0v) is 11.5. The molecule has 1 aliphatic rings. The van der Waals surface area contributed by atoms with E-state index < -0.39 is 0 Å². The number of aromatic nitrogens is 1. The normalized spacial score (nSPS) is 14.4. The van der Waals surface area contributed by atoms with Crippen molar-refractivity contribution in [2.24, 2.45) is 0 Å². The Labute approximate surface area is 123 Å². The molecule has 21 heavy (non-hydrogen) atoms. The third-order valence-electron chi connectivity index (χ3n) is 3.25. The average Bonchev–Trinajstić information content (AvgIpc) is 2.50. The molecule has 1 aliphatic heterocycles. The van der Waals surface area contributed by atoms with Crippen LogP contribution in [0.15, 0.2) is 54.9 Å². The number of amides is 1. The predicted octanol–water partition coefficient (Wildman–Crippen LogP) is 2.48. The Kier molecular flexibility index (Phi) is 4.00. The molecule has 0 spiro atoms. The van der Waals surface area contributed by atoms with Gasteiger partial charge in [-0.15, -0.1) is 0 Å². The first kappa shape index (κ1) is 13.4. The lowest BCUT2D eigenvalue weighted by atomic mass is 10.2. The Morgan fingerprint density at radius 3 is 2.71 bits per heavy atom. The molecule has 1 aromatic heterocycles. The van der Waals surface area contributed by atoms with E-state index in [0.29, 0.717) is 19.7 Å². The van der Waals surface area contributed by atoms with E-state index in [-0.39, 0.29) is 12.2 Å². The first-order chi connectivity index (χ1) is 10.3. The molecule has 0 N–H and O–H groups in total. The van der Waals surface area contributed by atoms with Crippen molar-refractivity contribution in [2.45, 2.75) is 12.7 Å². The number of rotatable bonds is 4. The van der Waals surface area contributed by atoms with Crippen LogP contribution < -0.4 is 4.74 Å². The van der Waals surface area contributed by atoms with Crippen molar-refractivity contribution in [1.29, 1.82) is 0 Å². The number of benzene rings is 1. The summed E-state index contributed by atoms with van der Waals surface area (Å²) < 4.78 is 10.9. The van der Waals surface area contributed by atoms with E-state index in [1.807, 2.05) is 42.5 Å². The van der Waals surface area contributed by atoms with Gasteiger partial charge in [0.1, 0.15) is 18.5 Å². The van der Waals surface area contributed by atoms with E-state index in [1.54, 1.807) is 17.3 Å². The first-order valence-electron chi connectivity index (χ1n) is 6.83. The number of carbonyl (C=O) groups is 1. The molecule has 1 saturated heterocycles. The summed E-state index contributed by atoms with van der Waals surface area (Å²) >= 11 is 0. The van der Waals surface area contributed by atoms with Gasteiger partial charge in [-0.3, -0.25) is 4.98 Å². The smallest absolute Gasteiger partial charge is 0.410 e. The molecule has 0 radical (unpaired) electrons. The van der Waals surface area contributed by atoms with Gasteiger partial charge in [0.05, 0.1) is 19.3 Å². The number of pyridine rings is 1. The van der Waals surface area contributed by atoms with Crippen LogP contribution in [0.25, 0.3) is 0 Å². The van der Waals surface area contributed by atoms with Gasteiger partial charge in [-0.25, -0.2) is 4.79 Å². The van der Waals surface area contributed by atoms with Gasteiger partial charge in [0, 0.05) is 6.20 Å². The zero-order valence-electron chi connectivity index (χ0n) is 11.5.